The molecule has 0 amide bonds. The van der Waals surface area contributed by atoms with Gasteiger partial charge in [0.05, 0.1) is 0 Å². The molecule has 0 aromatic rings. The predicted molar refractivity (Wildman–Crippen MR) is 51.0 cm³/mol. The molecule has 0 aliphatic rings. The van der Waals surface area contributed by atoms with E-state index in [9.17, 15) is 10.1 Å². The summed E-state index contributed by atoms with van der Waals surface area (Å²) in [5.41, 5.74) is 0. The minimum absolute atomic E-state index is 0.174. The Balaban J connectivity index is 4.15. The highest BCUT2D eigenvalue weighted by Crippen LogP contribution is 2.34. The molecule has 0 radical (unpaired) electrons. The van der Waals surface area contributed by atoms with Gasteiger partial charge in [-0.25, -0.2) is 0 Å². The summed E-state index contributed by atoms with van der Waals surface area (Å²) >= 11 is 21.5. The van der Waals surface area contributed by atoms with Crippen molar-refractivity contribution in [1.29, 1.82) is 0 Å². The SMILES string of the molecule is O=[N+]([O-])C(CCCCl)C(Cl)(Cl)Cl. The number of nitrogens with zero attached hydrogens (tertiary/aromatic N) is 1. The minimum Gasteiger partial charge on any atom is -0.264 e. The lowest BCUT2D eigenvalue weighted by molar-refractivity contribution is -0.522. The highest BCUT2D eigenvalue weighted by molar-refractivity contribution is 6.68. The Kier molecular flexibility index (Phi) is 5.57. The number of hydrogen-bond acceptors (Lipinski definition) is 2. The molecule has 0 aromatic heterocycles. The maximum atomic E-state index is 10.4. The maximum Gasteiger partial charge on any atom is 0.259 e. The molecule has 12 heavy (non-hydrogen) atoms. The summed E-state index contributed by atoms with van der Waals surface area (Å²) < 4.78 is -1.85. The van der Waals surface area contributed by atoms with Crippen LogP contribution in [0.15, 0.2) is 0 Å². The van der Waals surface area contributed by atoms with Crippen molar-refractivity contribution in [2.45, 2.75) is 22.7 Å². The van der Waals surface area contributed by atoms with Gasteiger partial charge in [-0.1, -0.05) is 34.8 Å². The Morgan fingerprint density at radius 1 is 1.42 bits per heavy atom. The van der Waals surface area contributed by atoms with E-state index in [4.69, 9.17) is 46.4 Å². The van der Waals surface area contributed by atoms with Crippen molar-refractivity contribution in [3.8, 4) is 0 Å². The van der Waals surface area contributed by atoms with E-state index >= 15 is 0 Å². The molecule has 0 bridgehead atoms. The van der Waals surface area contributed by atoms with E-state index < -0.39 is 14.8 Å². The lowest BCUT2D eigenvalue weighted by Gasteiger charge is -2.15. The van der Waals surface area contributed by atoms with Gasteiger partial charge in [-0.3, -0.25) is 10.1 Å². The quantitative estimate of drug-likeness (QED) is 0.440. The third-order valence-corrected chi connectivity index (χ3v) is 2.27. The topological polar surface area (TPSA) is 43.1 Å². The van der Waals surface area contributed by atoms with Gasteiger partial charge in [0.15, 0.2) is 0 Å². The normalized spacial score (nSPS) is 14.3. The molecule has 0 spiro atoms. The highest BCUT2D eigenvalue weighted by Gasteiger charge is 2.41. The van der Waals surface area contributed by atoms with Crippen LogP contribution in [0, 0.1) is 10.1 Å². The first-order valence-electron chi connectivity index (χ1n) is 3.15. The fourth-order valence-electron chi connectivity index (χ4n) is 0.659. The average molecular weight is 255 g/mol. The van der Waals surface area contributed by atoms with E-state index in [0.717, 1.165) is 0 Å². The van der Waals surface area contributed by atoms with Gasteiger partial charge in [0.1, 0.15) is 0 Å². The molecule has 3 nitrogen and oxygen atoms in total. The van der Waals surface area contributed by atoms with E-state index in [1.807, 2.05) is 0 Å². The van der Waals surface area contributed by atoms with Crippen LogP contribution in [0.25, 0.3) is 0 Å². The molecule has 1 unspecified atom stereocenters. The molecule has 7 heteroatoms. The van der Waals surface area contributed by atoms with Crippen molar-refractivity contribution < 1.29 is 4.92 Å². The summed E-state index contributed by atoms with van der Waals surface area (Å²) in [5.74, 6) is 0.324. The molecule has 1 atom stereocenters. The van der Waals surface area contributed by atoms with Crippen LogP contribution < -0.4 is 0 Å². The first-order chi connectivity index (χ1) is 5.39. The third kappa shape index (κ3) is 4.55. The lowest BCUT2D eigenvalue weighted by atomic mass is 10.2. The lowest BCUT2D eigenvalue weighted by Crippen LogP contribution is -2.33. The van der Waals surface area contributed by atoms with Crippen molar-refractivity contribution >= 4 is 46.4 Å². The van der Waals surface area contributed by atoms with Gasteiger partial charge in [-0.2, -0.15) is 0 Å². The van der Waals surface area contributed by atoms with Crippen LogP contribution in [0.1, 0.15) is 12.8 Å². The van der Waals surface area contributed by atoms with Crippen LogP contribution in [0.3, 0.4) is 0 Å². The third-order valence-electron chi connectivity index (χ3n) is 1.24. The van der Waals surface area contributed by atoms with Crippen LogP contribution >= 0.6 is 46.4 Å². The first kappa shape index (κ1) is 12.6. The van der Waals surface area contributed by atoms with E-state index in [-0.39, 0.29) is 6.42 Å². The van der Waals surface area contributed by atoms with Gasteiger partial charge in [-0.05, 0) is 6.42 Å². The number of hydrogen-bond donors (Lipinski definition) is 0. The van der Waals surface area contributed by atoms with Crippen LogP contribution in [-0.2, 0) is 0 Å². The highest BCUT2D eigenvalue weighted by atomic mass is 35.6. The zero-order valence-electron chi connectivity index (χ0n) is 5.97. The van der Waals surface area contributed by atoms with Gasteiger partial charge < -0.3 is 0 Å². The Labute approximate surface area is 90.1 Å². The molecule has 0 fully saturated rings. The van der Waals surface area contributed by atoms with Gasteiger partial charge in [-0.15, -0.1) is 11.6 Å². The molecule has 0 heterocycles. The second kappa shape index (κ2) is 5.32. The molecular formula is C5H7Cl4NO2. The van der Waals surface area contributed by atoms with E-state index in [1.165, 1.54) is 0 Å². The summed E-state index contributed by atoms with van der Waals surface area (Å²) in [4.78, 5) is 9.76. The predicted octanol–water partition coefficient (Wildman–Crippen LogP) is 3.02. The molecular weight excluding hydrogens is 248 g/mol. The molecule has 0 aromatic carbocycles. The van der Waals surface area contributed by atoms with E-state index in [2.05, 4.69) is 0 Å². The maximum absolute atomic E-state index is 10.4. The van der Waals surface area contributed by atoms with Crippen molar-refractivity contribution in [3.63, 3.8) is 0 Å². The molecule has 0 saturated carbocycles. The van der Waals surface area contributed by atoms with Gasteiger partial charge in [0.2, 0.25) is 0 Å². The van der Waals surface area contributed by atoms with Crippen molar-refractivity contribution in [2.75, 3.05) is 5.88 Å². The van der Waals surface area contributed by atoms with Crippen molar-refractivity contribution in [3.05, 3.63) is 10.1 Å². The van der Waals surface area contributed by atoms with E-state index in [0.29, 0.717) is 12.3 Å². The minimum atomic E-state index is -1.85. The summed E-state index contributed by atoms with van der Waals surface area (Å²) in [6.45, 7) is 0. The Morgan fingerprint density at radius 2 is 1.92 bits per heavy atom. The molecule has 72 valence electrons. The molecule has 0 aliphatic heterocycles. The monoisotopic (exact) mass is 253 g/mol. The summed E-state index contributed by atoms with van der Waals surface area (Å²) in [6, 6.07) is -1.18. The average Bonchev–Trinajstić information content (AvgIpc) is 1.84. The number of rotatable bonds is 4. The van der Waals surface area contributed by atoms with Gasteiger partial charge in [0.25, 0.3) is 9.83 Å². The molecule has 0 N–H and O–H groups in total. The fraction of sp³-hybridized carbons (Fsp3) is 1.00. The van der Waals surface area contributed by atoms with Crippen LogP contribution in [-0.4, -0.2) is 20.6 Å². The smallest absolute Gasteiger partial charge is 0.259 e. The summed E-state index contributed by atoms with van der Waals surface area (Å²) in [5, 5.41) is 10.4. The Hall–Kier alpha value is 0.560. The van der Waals surface area contributed by atoms with Gasteiger partial charge in [0, 0.05) is 17.2 Å². The van der Waals surface area contributed by atoms with E-state index in [1.54, 1.807) is 0 Å². The molecule has 0 rings (SSSR count). The van der Waals surface area contributed by atoms with Gasteiger partial charge >= 0.3 is 0 Å². The van der Waals surface area contributed by atoms with Crippen LogP contribution in [0.5, 0.6) is 0 Å². The second-order valence-electron chi connectivity index (χ2n) is 2.17. The zero-order valence-corrected chi connectivity index (χ0v) is 9.00. The number of halogens is 4. The van der Waals surface area contributed by atoms with Crippen LogP contribution in [0.2, 0.25) is 0 Å². The first-order valence-corrected chi connectivity index (χ1v) is 4.82. The number of nitro groups is 1. The zero-order chi connectivity index (χ0) is 9.78. The second-order valence-corrected chi connectivity index (χ2v) is 4.92. The van der Waals surface area contributed by atoms with Crippen molar-refractivity contribution in [1.82, 2.24) is 0 Å². The largest absolute Gasteiger partial charge is 0.264 e. The summed E-state index contributed by atoms with van der Waals surface area (Å²) in [7, 11) is 0. The Morgan fingerprint density at radius 3 is 2.17 bits per heavy atom. The standard InChI is InChI=1S/C5H7Cl4NO2/c6-3-1-2-4(10(11)12)5(7,8)9/h4H,1-3H2. The summed E-state index contributed by atoms with van der Waals surface area (Å²) in [6.07, 6.45) is 0.633. The molecule has 0 saturated heterocycles. The molecule has 0 aliphatic carbocycles. The fourth-order valence-corrected chi connectivity index (χ4v) is 1.38. The Bertz CT molecular complexity index is 158. The van der Waals surface area contributed by atoms with Crippen LogP contribution in [0.4, 0.5) is 0 Å². The number of alkyl halides is 4. The van der Waals surface area contributed by atoms with Crippen molar-refractivity contribution in [2.24, 2.45) is 0 Å².